The number of carbonyl (C=O) groups is 3. The monoisotopic (exact) mass is 439 g/mol. The molecule has 0 spiro atoms. The van der Waals surface area contributed by atoms with Gasteiger partial charge in [-0.05, 0) is 31.2 Å². The maximum Gasteiger partial charge on any atom is 0.325 e. The van der Waals surface area contributed by atoms with Crippen molar-refractivity contribution in [3.63, 3.8) is 0 Å². The van der Waals surface area contributed by atoms with Crippen molar-refractivity contribution < 1.29 is 28.5 Å². The number of amides is 2. The first kappa shape index (κ1) is 22.1. The molecule has 2 amide bonds. The lowest BCUT2D eigenvalue weighted by atomic mass is 10.1. The van der Waals surface area contributed by atoms with E-state index >= 15 is 0 Å². The lowest BCUT2D eigenvalue weighted by Crippen LogP contribution is -2.32. The fourth-order valence-corrected chi connectivity index (χ4v) is 2.58. The number of aromatic nitrogens is 2. The van der Waals surface area contributed by atoms with Gasteiger partial charge in [0.25, 0.3) is 17.5 Å². The molecule has 1 aromatic heterocycles. The second-order valence-electron chi connectivity index (χ2n) is 6.43. The molecule has 12 heteroatoms. The highest BCUT2D eigenvalue weighted by Crippen LogP contribution is 2.19. The van der Waals surface area contributed by atoms with E-state index in [9.17, 15) is 24.5 Å². The molecule has 0 unspecified atom stereocenters. The lowest BCUT2D eigenvalue weighted by molar-refractivity contribution is -0.385. The highest BCUT2D eigenvalue weighted by molar-refractivity contribution is 5.96. The van der Waals surface area contributed by atoms with E-state index in [0.717, 1.165) is 0 Å². The standard InChI is InChI=1S/C20H17N5O7/c1-12-9-14(7-8-15(12)25(29)30)18(28)21-10-17(27)31-11-16(26)22-20-24-23-19(32-20)13-5-3-2-4-6-13/h2-9H,10-11H2,1H3,(H,21,28)(H,22,24,26). The van der Waals surface area contributed by atoms with Gasteiger partial charge < -0.3 is 14.5 Å². The van der Waals surface area contributed by atoms with E-state index in [1.807, 2.05) is 6.07 Å². The molecular weight excluding hydrogens is 422 g/mol. The zero-order valence-electron chi connectivity index (χ0n) is 16.7. The molecule has 0 saturated heterocycles. The van der Waals surface area contributed by atoms with Gasteiger partial charge in [0.15, 0.2) is 6.61 Å². The van der Waals surface area contributed by atoms with Crippen LogP contribution in [0.25, 0.3) is 11.5 Å². The van der Waals surface area contributed by atoms with E-state index in [1.165, 1.54) is 25.1 Å². The normalized spacial score (nSPS) is 10.3. The van der Waals surface area contributed by atoms with Crippen LogP contribution in [0.2, 0.25) is 0 Å². The minimum Gasteiger partial charge on any atom is -0.454 e. The number of nitro benzene ring substituents is 1. The van der Waals surface area contributed by atoms with Crippen molar-refractivity contribution in [1.29, 1.82) is 0 Å². The molecule has 164 valence electrons. The number of aryl methyl sites for hydroxylation is 1. The van der Waals surface area contributed by atoms with Gasteiger partial charge in [0.05, 0.1) is 4.92 Å². The molecule has 0 saturated carbocycles. The highest BCUT2D eigenvalue weighted by atomic mass is 16.6. The lowest BCUT2D eigenvalue weighted by Gasteiger charge is -2.07. The predicted octanol–water partition coefficient (Wildman–Crippen LogP) is 1.86. The van der Waals surface area contributed by atoms with Gasteiger partial charge in [-0.25, -0.2) is 0 Å². The van der Waals surface area contributed by atoms with Gasteiger partial charge in [-0.2, -0.15) is 0 Å². The fourth-order valence-electron chi connectivity index (χ4n) is 2.58. The Kier molecular flexibility index (Phi) is 6.85. The molecule has 2 aromatic carbocycles. The molecule has 0 aliphatic carbocycles. The average molecular weight is 439 g/mol. The molecule has 3 rings (SSSR count). The molecule has 0 bridgehead atoms. The summed E-state index contributed by atoms with van der Waals surface area (Å²) in [4.78, 5) is 46.0. The van der Waals surface area contributed by atoms with Gasteiger partial charge in [0.2, 0.25) is 5.89 Å². The first-order valence-corrected chi connectivity index (χ1v) is 9.21. The summed E-state index contributed by atoms with van der Waals surface area (Å²) in [5.41, 5.74) is 0.998. The summed E-state index contributed by atoms with van der Waals surface area (Å²) < 4.78 is 10.1. The molecule has 12 nitrogen and oxygen atoms in total. The zero-order chi connectivity index (χ0) is 23.1. The Labute approximate surface area is 180 Å². The number of carbonyl (C=O) groups excluding carboxylic acids is 3. The van der Waals surface area contributed by atoms with Crippen LogP contribution in [-0.4, -0.2) is 46.1 Å². The third-order valence-electron chi connectivity index (χ3n) is 4.11. The van der Waals surface area contributed by atoms with Crippen LogP contribution >= 0.6 is 0 Å². The van der Waals surface area contributed by atoms with Gasteiger partial charge >= 0.3 is 12.0 Å². The van der Waals surface area contributed by atoms with Crippen LogP contribution in [0.3, 0.4) is 0 Å². The van der Waals surface area contributed by atoms with Crippen molar-refractivity contribution in [2.45, 2.75) is 6.92 Å². The first-order chi connectivity index (χ1) is 15.3. The number of hydrogen-bond acceptors (Lipinski definition) is 9. The number of benzene rings is 2. The van der Waals surface area contributed by atoms with E-state index in [0.29, 0.717) is 11.1 Å². The maximum atomic E-state index is 12.1. The molecule has 0 aliphatic heterocycles. The Morgan fingerprint density at radius 1 is 1.12 bits per heavy atom. The van der Waals surface area contributed by atoms with Crippen LogP contribution in [-0.2, 0) is 14.3 Å². The van der Waals surface area contributed by atoms with Crippen LogP contribution in [0.5, 0.6) is 0 Å². The number of esters is 1. The van der Waals surface area contributed by atoms with Crippen molar-refractivity contribution in [3.8, 4) is 11.5 Å². The first-order valence-electron chi connectivity index (χ1n) is 9.21. The number of anilines is 1. The molecule has 3 aromatic rings. The van der Waals surface area contributed by atoms with Crippen LogP contribution in [0.1, 0.15) is 15.9 Å². The predicted molar refractivity (Wildman–Crippen MR) is 109 cm³/mol. The Hall–Kier alpha value is -4.61. The third-order valence-corrected chi connectivity index (χ3v) is 4.11. The maximum absolute atomic E-state index is 12.1. The number of hydrogen-bond donors (Lipinski definition) is 2. The molecule has 1 heterocycles. The molecule has 0 aliphatic rings. The number of nitrogens with one attached hydrogen (secondary N) is 2. The van der Waals surface area contributed by atoms with E-state index in [4.69, 9.17) is 9.15 Å². The van der Waals surface area contributed by atoms with Crippen molar-refractivity contribution in [2.75, 3.05) is 18.5 Å². The van der Waals surface area contributed by atoms with E-state index < -0.39 is 35.9 Å². The highest BCUT2D eigenvalue weighted by Gasteiger charge is 2.16. The third kappa shape index (κ3) is 5.72. The van der Waals surface area contributed by atoms with Crippen LogP contribution in [0.15, 0.2) is 52.9 Å². The average Bonchev–Trinajstić information content (AvgIpc) is 3.24. The second-order valence-corrected chi connectivity index (χ2v) is 6.43. The second kappa shape index (κ2) is 9.93. The fraction of sp³-hybridized carbons (Fsp3) is 0.150. The smallest absolute Gasteiger partial charge is 0.325 e. The molecule has 2 N–H and O–H groups in total. The van der Waals surface area contributed by atoms with E-state index in [1.54, 1.807) is 24.3 Å². The number of nitro groups is 1. The van der Waals surface area contributed by atoms with Crippen molar-refractivity contribution in [3.05, 3.63) is 69.8 Å². The molecular formula is C20H17N5O7. The van der Waals surface area contributed by atoms with Crippen molar-refractivity contribution >= 4 is 29.5 Å². The summed E-state index contributed by atoms with van der Waals surface area (Å²) in [5.74, 6) is -1.98. The number of nitrogens with zero attached hydrogens (tertiary/aromatic N) is 3. The largest absolute Gasteiger partial charge is 0.454 e. The summed E-state index contributed by atoms with van der Waals surface area (Å²) >= 11 is 0. The van der Waals surface area contributed by atoms with Crippen molar-refractivity contribution in [2.24, 2.45) is 0 Å². The molecule has 0 fully saturated rings. The van der Waals surface area contributed by atoms with Crippen LogP contribution < -0.4 is 10.6 Å². The van der Waals surface area contributed by atoms with Gasteiger partial charge in [0, 0.05) is 22.8 Å². The Balaban J connectivity index is 1.43. The zero-order valence-corrected chi connectivity index (χ0v) is 16.7. The SMILES string of the molecule is Cc1cc(C(=O)NCC(=O)OCC(=O)Nc2nnc(-c3ccccc3)o2)ccc1[N+](=O)[O-]. The Morgan fingerprint density at radius 2 is 1.88 bits per heavy atom. The van der Waals surface area contributed by atoms with Gasteiger partial charge in [-0.3, -0.25) is 29.8 Å². The topological polar surface area (TPSA) is 167 Å². The van der Waals surface area contributed by atoms with Crippen molar-refractivity contribution in [1.82, 2.24) is 15.5 Å². The molecule has 32 heavy (non-hydrogen) atoms. The van der Waals surface area contributed by atoms with E-state index in [2.05, 4.69) is 20.8 Å². The summed E-state index contributed by atoms with van der Waals surface area (Å²) in [6.45, 7) is 0.364. The van der Waals surface area contributed by atoms with E-state index in [-0.39, 0.29) is 23.2 Å². The van der Waals surface area contributed by atoms with Gasteiger partial charge in [-0.15, -0.1) is 5.10 Å². The van der Waals surface area contributed by atoms with Crippen LogP contribution in [0.4, 0.5) is 11.7 Å². The number of ether oxygens (including phenoxy) is 1. The summed E-state index contributed by atoms with van der Waals surface area (Å²) in [5, 5.41) is 22.9. The number of rotatable bonds is 8. The minimum absolute atomic E-state index is 0.121. The molecule has 0 atom stereocenters. The Morgan fingerprint density at radius 3 is 2.56 bits per heavy atom. The minimum atomic E-state index is -0.859. The summed E-state index contributed by atoms with van der Waals surface area (Å²) in [6, 6.07) is 12.6. The van der Waals surface area contributed by atoms with Gasteiger partial charge in [0.1, 0.15) is 6.54 Å². The Bertz CT molecular complexity index is 1160. The molecule has 0 radical (unpaired) electrons. The quantitative estimate of drug-likeness (QED) is 0.302. The summed E-state index contributed by atoms with van der Waals surface area (Å²) in [7, 11) is 0. The summed E-state index contributed by atoms with van der Waals surface area (Å²) in [6.07, 6.45) is 0. The van der Waals surface area contributed by atoms with Crippen LogP contribution in [0, 0.1) is 17.0 Å². The van der Waals surface area contributed by atoms with Gasteiger partial charge in [-0.1, -0.05) is 23.3 Å².